The maximum atomic E-state index is 13.2. The fourth-order valence-electron chi connectivity index (χ4n) is 4.34. The standard InChI is InChI=1S/C24H34FN3O/c1-5-29-15-13-24(11-10-22-9-8-21(25)17-27-22)12-14-28(18-24)23(3,4)20-7-6-19(2)26-16-20/h6-9,16-17H,5,10-15,18H2,1-4H3/t24-/m0/s1. The monoisotopic (exact) mass is 399 g/mol. The van der Waals surface area contributed by atoms with Gasteiger partial charge in [-0.25, -0.2) is 4.39 Å². The lowest BCUT2D eigenvalue weighted by atomic mass is 9.78. The molecule has 158 valence electrons. The molecule has 3 heterocycles. The van der Waals surface area contributed by atoms with Crippen LogP contribution in [0.25, 0.3) is 0 Å². The number of aromatic nitrogens is 2. The molecule has 1 fully saturated rings. The Hall–Kier alpha value is -1.85. The molecule has 0 bridgehead atoms. The summed E-state index contributed by atoms with van der Waals surface area (Å²) in [5.41, 5.74) is 3.39. The van der Waals surface area contributed by atoms with Gasteiger partial charge >= 0.3 is 0 Å². The summed E-state index contributed by atoms with van der Waals surface area (Å²) in [6, 6.07) is 7.60. The predicted molar refractivity (Wildman–Crippen MR) is 114 cm³/mol. The van der Waals surface area contributed by atoms with Crippen LogP contribution in [0.2, 0.25) is 0 Å². The summed E-state index contributed by atoms with van der Waals surface area (Å²) >= 11 is 0. The summed E-state index contributed by atoms with van der Waals surface area (Å²) in [5, 5.41) is 0. The first kappa shape index (κ1) is 21.8. The summed E-state index contributed by atoms with van der Waals surface area (Å²) in [6.07, 6.45) is 7.42. The van der Waals surface area contributed by atoms with E-state index in [0.717, 1.165) is 63.4 Å². The zero-order valence-electron chi connectivity index (χ0n) is 18.2. The third-order valence-corrected chi connectivity index (χ3v) is 6.53. The van der Waals surface area contributed by atoms with E-state index in [4.69, 9.17) is 4.74 Å². The number of hydrogen-bond acceptors (Lipinski definition) is 4. The molecule has 3 rings (SSSR count). The molecule has 0 spiro atoms. The Bertz CT molecular complexity index is 776. The Morgan fingerprint density at radius 3 is 2.62 bits per heavy atom. The fraction of sp³-hybridized carbons (Fsp3) is 0.583. The van der Waals surface area contributed by atoms with Crippen molar-refractivity contribution in [3.8, 4) is 0 Å². The van der Waals surface area contributed by atoms with Crippen LogP contribution >= 0.6 is 0 Å². The first-order chi connectivity index (χ1) is 13.8. The highest BCUT2D eigenvalue weighted by atomic mass is 19.1. The van der Waals surface area contributed by atoms with Gasteiger partial charge in [0, 0.05) is 42.9 Å². The molecular weight excluding hydrogens is 365 g/mol. The van der Waals surface area contributed by atoms with Gasteiger partial charge in [-0.1, -0.05) is 6.07 Å². The van der Waals surface area contributed by atoms with Gasteiger partial charge in [0.1, 0.15) is 5.82 Å². The smallest absolute Gasteiger partial charge is 0.141 e. The highest BCUT2D eigenvalue weighted by molar-refractivity contribution is 5.22. The lowest BCUT2D eigenvalue weighted by Crippen LogP contribution is -2.41. The number of halogens is 1. The van der Waals surface area contributed by atoms with E-state index >= 15 is 0 Å². The fourth-order valence-corrected chi connectivity index (χ4v) is 4.34. The number of hydrogen-bond donors (Lipinski definition) is 0. The Labute approximate surface area is 174 Å². The van der Waals surface area contributed by atoms with Crippen molar-refractivity contribution < 1.29 is 9.13 Å². The number of nitrogens with zero attached hydrogens (tertiary/aromatic N) is 3. The zero-order valence-corrected chi connectivity index (χ0v) is 18.2. The number of ether oxygens (including phenoxy) is 1. The van der Waals surface area contributed by atoms with E-state index in [0.29, 0.717) is 0 Å². The number of likely N-dealkylation sites (tertiary alicyclic amines) is 1. The third-order valence-electron chi connectivity index (χ3n) is 6.53. The van der Waals surface area contributed by atoms with E-state index in [9.17, 15) is 4.39 Å². The van der Waals surface area contributed by atoms with Crippen LogP contribution in [0.5, 0.6) is 0 Å². The van der Waals surface area contributed by atoms with Crippen molar-refractivity contribution in [2.24, 2.45) is 5.41 Å². The first-order valence-electron chi connectivity index (χ1n) is 10.7. The zero-order chi connectivity index (χ0) is 20.9. The van der Waals surface area contributed by atoms with Gasteiger partial charge in [0.05, 0.1) is 6.20 Å². The second kappa shape index (κ2) is 9.31. The van der Waals surface area contributed by atoms with Gasteiger partial charge in [-0.05, 0) is 89.1 Å². The molecule has 1 saturated heterocycles. The Morgan fingerprint density at radius 1 is 1.14 bits per heavy atom. The second-order valence-electron chi connectivity index (χ2n) is 8.83. The Balaban J connectivity index is 1.73. The largest absolute Gasteiger partial charge is 0.382 e. The molecule has 0 N–H and O–H groups in total. The number of aryl methyl sites for hydroxylation is 2. The van der Waals surface area contributed by atoms with Gasteiger partial charge in [-0.15, -0.1) is 0 Å². The summed E-state index contributed by atoms with van der Waals surface area (Å²) in [4.78, 5) is 11.4. The molecule has 0 aromatic carbocycles. The molecule has 1 aliphatic rings. The molecule has 0 aliphatic carbocycles. The average Bonchev–Trinajstić information content (AvgIpc) is 3.14. The maximum absolute atomic E-state index is 13.2. The molecule has 0 amide bonds. The Morgan fingerprint density at radius 2 is 1.97 bits per heavy atom. The van der Waals surface area contributed by atoms with E-state index in [1.807, 2.05) is 20.0 Å². The van der Waals surface area contributed by atoms with Crippen LogP contribution in [0.1, 0.15) is 57.0 Å². The van der Waals surface area contributed by atoms with Gasteiger partial charge in [0.2, 0.25) is 0 Å². The van der Waals surface area contributed by atoms with Crippen molar-refractivity contribution in [3.63, 3.8) is 0 Å². The molecule has 2 aromatic rings. The molecule has 29 heavy (non-hydrogen) atoms. The molecular formula is C24H34FN3O. The molecule has 4 nitrogen and oxygen atoms in total. The summed E-state index contributed by atoms with van der Waals surface area (Å²) in [5.74, 6) is -0.277. The van der Waals surface area contributed by atoms with Crippen LogP contribution in [0.4, 0.5) is 4.39 Å². The van der Waals surface area contributed by atoms with E-state index < -0.39 is 0 Å². The highest BCUT2D eigenvalue weighted by Gasteiger charge is 2.43. The topological polar surface area (TPSA) is 38.2 Å². The maximum Gasteiger partial charge on any atom is 0.141 e. The van der Waals surface area contributed by atoms with Crippen molar-refractivity contribution in [2.75, 3.05) is 26.3 Å². The molecule has 1 atom stereocenters. The van der Waals surface area contributed by atoms with Gasteiger partial charge in [0.15, 0.2) is 0 Å². The van der Waals surface area contributed by atoms with Gasteiger partial charge in [-0.3, -0.25) is 14.9 Å². The van der Waals surface area contributed by atoms with Crippen LogP contribution in [0.3, 0.4) is 0 Å². The minimum atomic E-state index is -0.277. The van der Waals surface area contributed by atoms with Crippen molar-refractivity contribution in [3.05, 3.63) is 59.4 Å². The summed E-state index contributed by atoms with van der Waals surface area (Å²) in [6.45, 7) is 12.3. The van der Waals surface area contributed by atoms with Crippen LogP contribution in [0.15, 0.2) is 36.7 Å². The van der Waals surface area contributed by atoms with Crippen LogP contribution < -0.4 is 0 Å². The van der Waals surface area contributed by atoms with Crippen molar-refractivity contribution in [1.29, 1.82) is 0 Å². The molecule has 5 heteroatoms. The van der Waals surface area contributed by atoms with Gasteiger partial charge in [0.25, 0.3) is 0 Å². The predicted octanol–water partition coefficient (Wildman–Crippen LogP) is 4.91. The number of rotatable bonds is 9. The van der Waals surface area contributed by atoms with Crippen molar-refractivity contribution in [2.45, 2.75) is 58.9 Å². The lowest BCUT2D eigenvalue weighted by molar-refractivity contribution is 0.0834. The SMILES string of the molecule is CCOCC[C@]1(CCc2ccc(F)cn2)CCN(C(C)(C)c2ccc(C)nc2)C1. The molecule has 1 aliphatic heterocycles. The highest BCUT2D eigenvalue weighted by Crippen LogP contribution is 2.43. The third kappa shape index (κ3) is 5.40. The van der Waals surface area contributed by atoms with E-state index in [1.165, 1.54) is 17.8 Å². The second-order valence-corrected chi connectivity index (χ2v) is 8.83. The summed E-state index contributed by atoms with van der Waals surface area (Å²) in [7, 11) is 0. The molecule has 0 radical (unpaired) electrons. The van der Waals surface area contributed by atoms with Crippen molar-refractivity contribution >= 4 is 0 Å². The van der Waals surface area contributed by atoms with Crippen molar-refractivity contribution in [1.82, 2.24) is 14.9 Å². The van der Waals surface area contributed by atoms with E-state index in [2.05, 4.69) is 40.8 Å². The average molecular weight is 400 g/mol. The minimum Gasteiger partial charge on any atom is -0.382 e. The normalized spacial score (nSPS) is 20.3. The molecule has 2 aromatic heterocycles. The number of pyridine rings is 2. The van der Waals surface area contributed by atoms with Gasteiger partial charge < -0.3 is 4.74 Å². The molecule has 0 saturated carbocycles. The lowest BCUT2D eigenvalue weighted by Gasteiger charge is -2.38. The quantitative estimate of drug-likeness (QED) is 0.562. The summed E-state index contributed by atoms with van der Waals surface area (Å²) < 4.78 is 18.9. The van der Waals surface area contributed by atoms with Crippen LogP contribution in [-0.2, 0) is 16.7 Å². The molecule has 0 unspecified atom stereocenters. The minimum absolute atomic E-state index is 0.0673. The van der Waals surface area contributed by atoms with Gasteiger partial charge in [-0.2, -0.15) is 0 Å². The first-order valence-corrected chi connectivity index (χ1v) is 10.7. The van der Waals surface area contributed by atoms with Crippen LogP contribution in [-0.4, -0.2) is 41.2 Å². The Kier molecular flexibility index (Phi) is 7.01. The van der Waals surface area contributed by atoms with Crippen LogP contribution in [0, 0.1) is 18.2 Å². The van der Waals surface area contributed by atoms with E-state index in [-0.39, 0.29) is 16.8 Å². The van der Waals surface area contributed by atoms with E-state index in [1.54, 1.807) is 6.07 Å².